The molecule has 2 N–H and O–H groups in total. The number of rotatable bonds is 8. The van der Waals surface area contributed by atoms with Gasteiger partial charge in [-0.2, -0.15) is 0 Å². The zero-order chi connectivity index (χ0) is 22.2. The van der Waals surface area contributed by atoms with Crippen molar-refractivity contribution in [2.45, 2.75) is 6.42 Å². The number of halogens is 1. The Bertz CT molecular complexity index is 1070. The summed E-state index contributed by atoms with van der Waals surface area (Å²) in [5.74, 6) is 0.913. The van der Waals surface area contributed by atoms with Crippen molar-refractivity contribution in [3.63, 3.8) is 0 Å². The molecule has 2 amide bonds. The van der Waals surface area contributed by atoms with E-state index >= 15 is 0 Å². The van der Waals surface area contributed by atoms with Crippen molar-refractivity contribution in [2.24, 2.45) is 0 Å². The van der Waals surface area contributed by atoms with Crippen molar-refractivity contribution >= 4 is 29.1 Å². The summed E-state index contributed by atoms with van der Waals surface area (Å²) in [7, 11) is 3.21. The number of nitrogens with one attached hydrogen (secondary N) is 2. The summed E-state index contributed by atoms with van der Waals surface area (Å²) in [5.41, 5.74) is 2.79. The van der Waals surface area contributed by atoms with Crippen LogP contribution in [0.2, 0.25) is 5.02 Å². The topological polar surface area (TPSA) is 76.7 Å². The van der Waals surface area contributed by atoms with Gasteiger partial charge in [-0.25, -0.2) is 0 Å². The predicted molar refractivity (Wildman–Crippen MR) is 122 cm³/mol. The lowest BCUT2D eigenvalue weighted by Crippen LogP contribution is -2.27. The normalized spacial score (nSPS) is 10.3. The lowest BCUT2D eigenvalue weighted by molar-refractivity contribution is -0.116. The van der Waals surface area contributed by atoms with Crippen molar-refractivity contribution in [1.29, 1.82) is 0 Å². The van der Waals surface area contributed by atoms with Crippen LogP contribution >= 0.6 is 11.6 Å². The van der Waals surface area contributed by atoms with Gasteiger partial charge in [0.1, 0.15) is 11.5 Å². The van der Waals surface area contributed by atoms with Gasteiger partial charge >= 0.3 is 0 Å². The zero-order valence-electron chi connectivity index (χ0n) is 17.3. The van der Waals surface area contributed by atoms with Gasteiger partial charge in [-0.1, -0.05) is 35.9 Å². The molecule has 0 aliphatic carbocycles. The standard InChI is InChI=1S/C24H23ClN2O4/c1-30-18-10-7-16(8-11-18)20-15-17(9-12-22(20)31-2)27-23(28)13-14-26-24(29)19-5-3-4-6-21(19)25/h3-12,15H,13-14H2,1-2H3,(H,26,29)(H,27,28). The van der Waals surface area contributed by atoms with Crippen LogP contribution in [-0.4, -0.2) is 32.6 Å². The van der Waals surface area contributed by atoms with Gasteiger partial charge < -0.3 is 20.1 Å². The second kappa shape index (κ2) is 10.5. The molecule has 0 aliphatic rings. The molecule has 0 atom stereocenters. The number of anilines is 1. The fourth-order valence-electron chi connectivity index (χ4n) is 3.04. The number of hydrogen-bond acceptors (Lipinski definition) is 4. The third kappa shape index (κ3) is 5.77. The van der Waals surface area contributed by atoms with E-state index in [9.17, 15) is 9.59 Å². The fourth-order valence-corrected chi connectivity index (χ4v) is 3.26. The summed E-state index contributed by atoms with van der Waals surface area (Å²) in [6.45, 7) is 0.192. The Morgan fingerprint density at radius 2 is 1.68 bits per heavy atom. The zero-order valence-corrected chi connectivity index (χ0v) is 18.0. The number of ether oxygens (including phenoxy) is 2. The molecule has 0 spiro atoms. The number of benzene rings is 3. The molecule has 31 heavy (non-hydrogen) atoms. The first-order chi connectivity index (χ1) is 15.0. The SMILES string of the molecule is COc1ccc(-c2cc(NC(=O)CCNC(=O)c3ccccc3Cl)ccc2OC)cc1. The number of carbonyl (C=O) groups is 2. The van der Waals surface area contributed by atoms with E-state index in [1.54, 1.807) is 50.6 Å². The van der Waals surface area contributed by atoms with Gasteiger partial charge in [0, 0.05) is 24.2 Å². The van der Waals surface area contributed by atoms with Crippen molar-refractivity contribution in [2.75, 3.05) is 26.1 Å². The third-order valence-electron chi connectivity index (χ3n) is 4.64. The maximum absolute atomic E-state index is 12.3. The van der Waals surface area contributed by atoms with Crippen LogP contribution in [0.3, 0.4) is 0 Å². The lowest BCUT2D eigenvalue weighted by Gasteiger charge is -2.13. The smallest absolute Gasteiger partial charge is 0.252 e. The molecule has 160 valence electrons. The van der Waals surface area contributed by atoms with Crippen LogP contribution in [0.1, 0.15) is 16.8 Å². The summed E-state index contributed by atoms with van der Waals surface area (Å²) < 4.78 is 10.7. The third-order valence-corrected chi connectivity index (χ3v) is 4.97. The van der Waals surface area contributed by atoms with Gasteiger partial charge in [0.15, 0.2) is 0 Å². The molecule has 0 radical (unpaired) electrons. The summed E-state index contributed by atoms with van der Waals surface area (Å²) in [5, 5.41) is 5.93. The number of carbonyl (C=O) groups excluding carboxylic acids is 2. The molecule has 0 saturated carbocycles. The van der Waals surface area contributed by atoms with Crippen LogP contribution in [0, 0.1) is 0 Å². The summed E-state index contributed by atoms with van der Waals surface area (Å²) in [4.78, 5) is 24.5. The van der Waals surface area contributed by atoms with Gasteiger partial charge in [0.2, 0.25) is 5.91 Å². The molecule has 3 aromatic rings. The number of amides is 2. The van der Waals surface area contributed by atoms with E-state index in [-0.39, 0.29) is 24.8 Å². The van der Waals surface area contributed by atoms with Crippen molar-refractivity contribution < 1.29 is 19.1 Å². The molecular formula is C24H23ClN2O4. The van der Waals surface area contributed by atoms with Gasteiger partial charge in [0.05, 0.1) is 24.8 Å². The van der Waals surface area contributed by atoms with E-state index in [4.69, 9.17) is 21.1 Å². The van der Waals surface area contributed by atoms with Crippen LogP contribution in [0.25, 0.3) is 11.1 Å². The highest BCUT2D eigenvalue weighted by atomic mass is 35.5. The maximum Gasteiger partial charge on any atom is 0.252 e. The summed E-state index contributed by atoms with van der Waals surface area (Å²) >= 11 is 6.02. The Balaban J connectivity index is 1.62. The molecule has 3 aromatic carbocycles. The molecule has 0 bridgehead atoms. The maximum atomic E-state index is 12.3. The molecule has 6 nitrogen and oxygen atoms in total. The molecule has 0 aromatic heterocycles. The Labute approximate surface area is 186 Å². The Kier molecular flexibility index (Phi) is 7.51. The second-order valence-electron chi connectivity index (χ2n) is 6.68. The van der Waals surface area contributed by atoms with Gasteiger partial charge in [-0.3, -0.25) is 9.59 Å². The molecule has 3 rings (SSSR count). The van der Waals surface area contributed by atoms with E-state index in [2.05, 4.69) is 10.6 Å². The monoisotopic (exact) mass is 438 g/mol. The summed E-state index contributed by atoms with van der Waals surface area (Å²) in [6.07, 6.45) is 0.125. The number of hydrogen-bond donors (Lipinski definition) is 2. The van der Waals surface area contributed by atoms with Crippen molar-refractivity contribution in [3.8, 4) is 22.6 Å². The minimum absolute atomic E-state index is 0.125. The number of methoxy groups -OCH3 is 2. The van der Waals surface area contributed by atoms with Gasteiger partial charge in [0.25, 0.3) is 5.91 Å². The molecule has 0 saturated heterocycles. The largest absolute Gasteiger partial charge is 0.497 e. The molecule has 0 heterocycles. The van der Waals surface area contributed by atoms with Crippen LogP contribution in [-0.2, 0) is 4.79 Å². The highest BCUT2D eigenvalue weighted by Gasteiger charge is 2.12. The van der Waals surface area contributed by atoms with E-state index in [1.807, 2.05) is 30.3 Å². The predicted octanol–water partition coefficient (Wildman–Crippen LogP) is 4.78. The quantitative estimate of drug-likeness (QED) is 0.530. The first kappa shape index (κ1) is 22.2. The first-order valence-electron chi connectivity index (χ1n) is 9.67. The first-order valence-corrected chi connectivity index (χ1v) is 10.0. The Hall–Kier alpha value is -3.51. The van der Waals surface area contributed by atoms with Crippen LogP contribution in [0.5, 0.6) is 11.5 Å². The average Bonchev–Trinajstić information content (AvgIpc) is 2.79. The highest BCUT2D eigenvalue weighted by Crippen LogP contribution is 2.33. The molecular weight excluding hydrogens is 416 g/mol. The highest BCUT2D eigenvalue weighted by molar-refractivity contribution is 6.33. The second-order valence-corrected chi connectivity index (χ2v) is 7.08. The minimum Gasteiger partial charge on any atom is -0.497 e. The average molecular weight is 439 g/mol. The van der Waals surface area contributed by atoms with Crippen molar-refractivity contribution in [3.05, 3.63) is 77.3 Å². The molecule has 0 fully saturated rings. The summed E-state index contributed by atoms with van der Waals surface area (Å²) in [6, 6.07) is 19.8. The van der Waals surface area contributed by atoms with Gasteiger partial charge in [-0.15, -0.1) is 0 Å². The van der Waals surface area contributed by atoms with E-state index in [0.29, 0.717) is 22.0 Å². The lowest BCUT2D eigenvalue weighted by atomic mass is 10.0. The van der Waals surface area contributed by atoms with Crippen LogP contribution < -0.4 is 20.1 Å². The molecule has 0 aliphatic heterocycles. The van der Waals surface area contributed by atoms with Crippen LogP contribution in [0.15, 0.2) is 66.7 Å². The van der Waals surface area contributed by atoms with E-state index in [1.165, 1.54) is 0 Å². The van der Waals surface area contributed by atoms with Crippen molar-refractivity contribution in [1.82, 2.24) is 5.32 Å². The molecule has 0 unspecified atom stereocenters. The van der Waals surface area contributed by atoms with E-state index in [0.717, 1.165) is 16.9 Å². The Morgan fingerprint density at radius 3 is 2.35 bits per heavy atom. The Morgan fingerprint density at radius 1 is 0.935 bits per heavy atom. The van der Waals surface area contributed by atoms with Crippen LogP contribution in [0.4, 0.5) is 5.69 Å². The van der Waals surface area contributed by atoms with Gasteiger partial charge in [-0.05, 0) is 48.0 Å². The fraction of sp³-hybridized carbons (Fsp3) is 0.167. The molecule has 7 heteroatoms. The minimum atomic E-state index is -0.315. The van der Waals surface area contributed by atoms with E-state index < -0.39 is 0 Å².